The standard InChI is InChI=1S/C7H19N5/c1-6(8)5-11-7(9)3-2-4-12-10/h6-7,10-11H,2-5,8-9H2,1H3. The lowest BCUT2D eigenvalue weighted by atomic mass is 10.2. The molecule has 5 nitrogen and oxygen atoms in total. The molecule has 0 aliphatic heterocycles. The number of nitrogens with one attached hydrogen (secondary N) is 2. The molecule has 0 fully saturated rings. The van der Waals surface area contributed by atoms with E-state index in [0.717, 1.165) is 19.4 Å². The van der Waals surface area contributed by atoms with Gasteiger partial charge in [0.05, 0.1) is 12.7 Å². The molecule has 0 aliphatic rings. The van der Waals surface area contributed by atoms with Crippen molar-refractivity contribution in [3.8, 4) is 0 Å². The zero-order valence-corrected chi connectivity index (χ0v) is 7.59. The molecule has 0 bridgehead atoms. The van der Waals surface area contributed by atoms with Crippen molar-refractivity contribution in [1.29, 1.82) is 5.53 Å². The van der Waals surface area contributed by atoms with Crippen LogP contribution in [-0.4, -0.2) is 25.3 Å². The highest BCUT2D eigenvalue weighted by Gasteiger charge is 2.01. The van der Waals surface area contributed by atoms with Gasteiger partial charge in [-0.05, 0) is 19.8 Å². The first-order chi connectivity index (χ1) is 5.66. The van der Waals surface area contributed by atoms with E-state index >= 15 is 0 Å². The van der Waals surface area contributed by atoms with Crippen LogP contribution in [0.2, 0.25) is 0 Å². The zero-order valence-electron chi connectivity index (χ0n) is 7.59. The summed E-state index contributed by atoms with van der Waals surface area (Å²) in [7, 11) is 0. The van der Waals surface area contributed by atoms with Crippen molar-refractivity contribution in [3.63, 3.8) is 0 Å². The lowest BCUT2D eigenvalue weighted by molar-refractivity contribution is 0.463. The van der Waals surface area contributed by atoms with Gasteiger partial charge in [0.15, 0.2) is 0 Å². The summed E-state index contributed by atoms with van der Waals surface area (Å²) in [5, 5.41) is 6.34. The van der Waals surface area contributed by atoms with Crippen LogP contribution in [0.3, 0.4) is 0 Å². The topological polar surface area (TPSA) is 100 Å². The van der Waals surface area contributed by atoms with Crippen LogP contribution in [-0.2, 0) is 0 Å². The fourth-order valence-electron chi connectivity index (χ4n) is 0.830. The molecule has 0 heterocycles. The van der Waals surface area contributed by atoms with Crippen LogP contribution in [0, 0.1) is 5.53 Å². The Labute approximate surface area is 73.4 Å². The van der Waals surface area contributed by atoms with Gasteiger partial charge in [-0.3, -0.25) is 0 Å². The van der Waals surface area contributed by atoms with Gasteiger partial charge < -0.3 is 16.8 Å². The SMILES string of the molecule is CC(N)CNC(N)CCCN=N. The maximum atomic E-state index is 6.56. The van der Waals surface area contributed by atoms with Gasteiger partial charge in [0.25, 0.3) is 0 Å². The van der Waals surface area contributed by atoms with Crippen molar-refractivity contribution in [2.75, 3.05) is 13.1 Å². The largest absolute Gasteiger partial charge is 0.327 e. The minimum atomic E-state index is -0.0160. The van der Waals surface area contributed by atoms with Crippen molar-refractivity contribution in [2.45, 2.75) is 32.0 Å². The van der Waals surface area contributed by atoms with E-state index < -0.39 is 0 Å². The zero-order chi connectivity index (χ0) is 9.40. The Morgan fingerprint density at radius 1 is 1.50 bits per heavy atom. The highest BCUT2D eigenvalue weighted by Crippen LogP contribution is 1.91. The second kappa shape index (κ2) is 7.15. The first-order valence-corrected chi connectivity index (χ1v) is 4.24. The fourth-order valence-corrected chi connectivity index (χ4v) is 0.830. The molecule has 5 heteroatoms. The summed E-state index contributed by atoms with van der Waals surface area (Å²) in [5.74, 6) is 0. The molecule has 0 saturated carbocycles. The summed E-state index contributed by atoms with van der Waals surface area (Å²) in [4.78, 5) is 0. The molecule has 2 unspecified atom stereocenters. The third-order valence-corrected chi connectivity index (χ3v) is 1.49. The van der Waals surface area contributed by atoms with Gasteiger partial charge in [-0.1, -0.05) is 0 Å². The van der Waals surface area contributed by atoms with Crippen molar-refractivity contribution in [2.24, 2.45) is 16.6 Å². The van der Waals surface area contributed by atoms with Crippen molar-refractivity contribution in [3.05, 3.63) is 0 Å². The van der Waals surface area contributed by atoms with Crippen molar-refractivity contribution < 1.29 is 0 Å². The van der Waals surface area contributed by atoms with E-state index in [0.29, 0.717) is 6.54 Å². The average molecular weight is 173 g/mol. The van der Waals surface area contributed by atoms with Crippen LogP contribution in [0.25, 0.3) is 0 Å². The molecule has 0 amide bonds. The van der Waals surface area contributed by atoms with Crippen molar-refractivity contribution in [1.82, 2.24) is 5.32 Å². The Morgan fingerprint density at radius 3 is 2.67 bits per heavy atom. The minimum absolute atomic E-state index is 0.0160. The molecule has 0 aromatic rings. The Kier molecular flexibility index (Phi) is 6.84. The maximum absolute atomic E-state index is 6.56. The van der Waals surface area contributed by atoms with Gasteiger partial charge in [0.2, 0.25) is 0 Å². The van der Waals surface area contributed by atoms with Gasteiger partial charge in [0.1, 0.15) is 0 Å². The molecule has 6 N–H and O–H groups in total. The molecule has 12 heavy (non-hydrogen) atoms. The monoisotopic (exact) mass is 173 g/mol. The predicted octanol–water partition coefficient (Wildman–Crippen LogP) is 0.0192. The van der Waals surface area contributed by atoms with Gasteiger partial charge >= 0.3 is 0 Å². The van der Waals surface area contributed by atoms with E-state index in [4.69, 9.17) is 17.0 Å². The maximum Gasteiger partial charge on any atom is 0.0597 e. The van der Waals surface area contributed by atoms with E-state index in [-0.39, 0.29) is 12.2 Å². The Morgan fingerprint density at radius 2 is 2.17 bits per heavy atom. The van der Waals surface area contributed by atoms with Crippen LogP contribution in [0.1, 0.15) is 19.8 Å². The average Bonchev–Trinajstić information content (AvgIpc) is 2.01. The number of rotatable bonds is 7. The van der Waals surface area contributed by atoms with Crippen molar-refractivity contribution >= 4 is 0 Å². The summed E-state index contributed by atoms with van der Waals surface area (Å²) in [6.45, 7) is 3.23. The molecule has 0 spiro atoms. The Bertz CT molecular complexity index is 114. The van der Waals surface area contributed by atoms with Crippen LogP contribution >= 0.6 is 0 Å². The van der Waals surface area contributed by atoms with Crippen LogP contribution in [0.4, 0.5) is 0 Å². The summed E-state index contributed by atoms with van der Waals surface area (Å²) >= 11 is 0. The number of nitrogens with two attached hydrogens (primary N) is 2. The van der Waals surface area contributed by atoms with Crippen LogP contribution in [0.5, 0.6) is 0 Å². The third-order valence-electron chi connectivity index (χ3n) is 1.49. The second-order valence-electron chi connectivity index (χ2n) is 3.02. The fraction of sp³-hybridized carbons (Fsp3) is 1.00. The summed E-state index contributed by atoms with van der Waals surface area (Å²) in [6, 6.07) is 0.136. The van der Waals surface area contributed by atoms with E-state index in [2.05, 4.69) is 10.4 Å². The van der Waals surface area contributed by atoms with E-state index in [1.54, 1.807) is 0 Å². The summed E-state index contributed by atoms with van der Waals surface area (Å²) < 4.78 is 0. The molecule has 72 valence electrons. The lowest BCUT2D eigenvalue weighted by Crippen LogP contribution is -2.43. The highest BCUT2D eigenvalue weighted by molar-refractivity contribution is 4.63. The molecule has 2 atom stereocenters. The van der Waals surface area contributed by atoms with Crippen LogP contribution in [0.15, 0.2) is 5.11 Å². The predicted molar refractivity (Wildman–Crippen MR) is 48.9 cm³/mol. The molecule has 0 aliphatic carbocycles. The number of hydrogen-bond donors (Lipinski definition) is 4. The van der Waals surface area contributed by atoms with Crippen LogP contribution < -0.4 is 16.8 Å². The molecular weight excluding hydrogens is 154 g/mol. The molecule has 0 rings (SSSR count). The first kappa shape index (κ1) is 11.5. The van der Waals surface area contributed by atoms with E-state index in [1.807, 2.05) is 6.92 Å². The van der Waals surface area contributed by atoms with Gasteiger partial charge in [0, 0.05) is 12.6 Å². The van der Waals surface area contributed by atoms with E-state index in [1.165, 1.54) is 0 Å². The minimum Gasteiger partial charge on any atom is -0.327 e. The molecule has 0 radical (unpaired) electrons. The van der Waals surface area contributed by atoms with Gasteiger partial charge in [-0.25, -0.2) is 5.53 Å². The highest BCUT2D eigenvalue weighted by atomic mass is 15.0. The summed E-state index contributed by atoms with van der Waals surface area (Å²) in [6.07, 6.45) is 1.68. The smallest absolute Gasteiger partial charge is 0.0597 e. The van der Waals surface area contributed by atoms with Gasteiger partial charge in [-0.2, -0.15) is 5.11 Å². The van der Waals surface area contributed by atoms with E-state index in [9.17, 15) is 0 Å². The molecule has 0 aromatic heterocycles. The number of nitrogens with zero attached hydrogens (tertiary/aromatic N) is 1. The third kappa shape index (κ3) is 7.59. The molecule has 0 aromatic carbocycles. The second-order valence-corrected chi connectivity index (χ2v) is 3.02. The molecule has 0 saturated heterocycles. The lowest BCUT2D eigenvalue weighted by Gasteiger charge is -2.14. The quantitative estimate of drug-likeness (QED) is 0.248. The Balaban J connectivity index is 3.21. The summed E-state index contributed by atoms with van der Waals surface area (Å²) in [5.41, 5.74) is 17.8. The Hall–Kier alpha value is -0.520. The first-order valence-electron chi connectivity index (χ1n) is 4.24. The normalized spacial score (nSPS) is 15.6. The molecular formula is C7H19N5. The number of hydrogen-bond acceptors (Lipinski definition) is 5. The van der Waals surface area contributed by atoms with Gasteiger partial charge in [-0.15, -0.1) is 0 Å².